The quantitative estimate of drug-likeness (QED) is 0.858. The monoisotopic (exact) mass is 395 g/mol. The summed E-state index contributed by atoms with van der Waals surface area (Å²) in [5.41, 5.74) is 1.13. The zero-order valence-electron chi connectivity index (χ0n) is 13.4. The van der Waals surface area contributed by atoms with Gasteiger partial charge in [-0.25, -0.2) is 13.2 Å². The van der Waals surface area contributed by atoms with Gasteiger partial charge in [-0.3, -0.25) is 4.31 Å². The fourth-order valence-electron chi connectivity index (χ4n) is 3.14. The molecule has 0 fully saturated rings. The maximum Gasteiger partial charge on any atom is 0.339 e. The largest absolute Gasteiger partial charge is 0.486 e. The van der Waals surface area contributed by atoms with E-state index in [4.69, 9.17) is 21.1 Å². The van der Waals surface area contributed by atoms with Crippen molar-refractivity contribution in [1.82, 2.24) is 0 Å². The summed E-state index contributed by atoms with van der Waals surface area (Å²) in [4.78, 5) is 11.4. The molecule has 0 bridgehead atoms. The highest BCUT2D eigenvalue weighted by Crippen LogP contribution is 2.40. The summed E-state index contributed by atoms with van der Waals surface area (Å²) in [5, 5.41) is 9.86. The van der Waals surface area contributed by atoms with Crippen molar-refractivity contribution in [2.45, 2.75) is 11.3 Å². The first-order valence-electron chi connectivity index (χ1n) is 7.86. The molecule has 0 amide bonds. The summed E-state index contributed by atoms with van der Waals surface area (Å²) in [6.45, 7) is 0.684. The lowest BCUT2D eigenvalue weighted by Crippen LogP contribution is -2.29. The number of rotatable bonds is 3. The van der Waals surface area contributed by atoms with Crippen molar-refractivity contribution in [3.8, 4) is 11.5 Å². The molecule has 0 radical (unpaired) electrons. The van der Waals surface area contributed by atoms with Crippen molar-refractivity contribution in [3.05, 3.63) is 46.5 Å². The predicted octanol–water partition coefficient (Wildman–Crippen LogP) is 2.56. The molecular formula is C17H14ClNO6S. The van der Waals surface area contributed by atoms with Crippen molar-refractivity contribution in [2.75, 3.05) is 24.1 Å². The fraction of sp³-hybridized carbons (Fsp3) is 0.235. The lowest BCUT2D eigenvalue weighted by Gasteiger charge is -2.23. The zero-order valence-corrected chi connectivity index (χ0v) is 15.0. The second-order valence-corrected chi connectivity index (χ2v) is 8.20. The average Bonchev–Trinajstić information content (AvgIpc) is 3.04. The third-order valence-corrected chi connectivity index (χ3v) is 6.36. The third-order valence-electron chi connectivity index (χ3n) is 4.33. The minimum atomic E-state index is -3.98. The first kappa shape index (κ1) is 17.0. The Labute approximate surface area is 154 Å². The SMILES string of the molecule is O=C(O)c1cc(S(=O)(=O)N2CCc3ccc(Cl)cc32)cc2c1OCCO2. The molecule has 0 spiro atoms. The maximum atomic E-state index is 13.2. The second-order valence-electron chi connectivity index (χ2n) is 5.90. The van der Waals surface area contributed by atoms with E-state index >= 15 is 0 Å². The number of anilines is 1. The molecule has 2 heterocycles. The van der Waals surface area contributed by atoms with E-state index in [0.29, 0.717) is 17.1 Å². The summed E-state index contributed by atoms with van der Waals surface area (Å²) in [5.74, 6) is -1.12. The molecule has 9 heteroatoms. The number of ether oxygens (including phenoxy) is 2. The molecule has 0 saturated heterocycles. The van der Waals surface area contributed by atoms with Crippen LogP contribution in [0.25, 0.3) is 0 Å². The normalized spacial score (nSPS) is 15.7. The Morgan fingerprint density at radius 1 is 1.15 bits per heavy atom. The second kappa shape index (κ2) is 6.07. The van der Waals surface area contributed by atoms with E-state index in [9.17, 15) is 18.3 Å². The summed E-state index contributed by atoms with van der Waals surface area (Å²) < 4.78 is 38.3. The minimum Gasteiger partial charge on any atom is -0.486 e. The molecule has 2 aliphatic heterocycles. The van der Waals surface area contributed by atoms with Gasteiger partial charge in [0.05, 0.1) is 10.6 Å². The van der Waals surface area contributed by atoms with Gasteiger partial charge in [-0.15, -0.1) is 0 Å². The van der Waals surface area contributed by atoms with Crippen LogP contribution in [0.3, 0.4) is 0 Å². The number of halogens is 1. The molecule has 0 atom stereocenters. The maximum absolute atomic E-state index is 13.2. The number of carboxylic acids is 1. The predicted molar refractivity (Wildman–Crippen MR) is 94.1 cm³/mol. The number of aromatic carboxylic acids is 1. The van der Waals surface area contributed by atoms with Crippen LogP contribution in [0, 0.1) is 0 Å². The number of sulfonamides is 1. The van der Waals surface area contributed by atoms with Gasteiger partial charge in [0.2, 0.25) is 0 Å². The highest BCUT2D eigenvalue weighted by molar-refractivity contribution is 7.92. The van der Waals surface area contributed by atoms with Crippen LogP contribution < -0.4 is 13.8 Å². The van der Waals surface area contributed by atoms with Gasteiger partial charge < -0.3 is 14.6 Å². The molecule has 0 aromatic heterocycles. The molecular weight excluding hydrogens is 382 g/mol. The van der Waals surface area contributed by atoms with Gasteiger partial charge in [-0.2, -0.15) is 0 Å². The molecule has 0 unspecified atom stereocenters. The van der Waals surface area contributed by atoms with Crippen LogP contribution in [0.15, 0.2) is 35.2 Å². The fourth-order valence-corrected chi connectivity index (χ4v) is 4.84. The molecule has 4 rings (SSSR count). The minimum absolute atomic E-state index is 0.0487. The number of carbonyl (C=O) groups is 1. The molecule has 136 valence electrons. The first-order chi connectivity index (χ1) is 12.4. The van der Waals surface area contributed by atoms with E-state index in [0.717, 1.165) is 11.6 Å². The Bertz CT molecular complexity index is 1020. The smallest absolute Gasteiger partial charge is 0.339 e. The Hall–Kier alpha value is -2.45. The number of hydrogen-bond acceptors (Lipinski definition) is 5. The Morgan fingerprint density at radius 3 is 2.69 bits per heavy atom. The van der Waals surface area contributed by atoms with Crippen LogP contribution in [0.2, 0.25) is 5.02 Å². The Balaban J connectivity index is 1.84. The molecule has 26 heavy (non-hydrogen) atoms. The summed E-state index contributed by atoms with van der Waals surface area (Å²) >= 11 is 6.01. The number of carboxylic acid groups (broad SMARTS) is 1. The van der Waals surface area contributed by atoms with Crippen LogP contribution in [-0.2, 0) is 16.4 Å². The lowest BCUT2D eigenvalue weighted by molar-refractivity contribution is 0.0685. The van der Waals surface area contributed by atoms with Gasteiger partial charge in [0.25, 0.3) is 10.0 Å². The first-order valence-corrected chi connectivity index (χ1v) is 9.68. The van der Waals surface area contributed by atoms with E-state index in [1.807, 2.05) is 0 Å². The average molecular weight is 396 g/mol. The zero-order chi connectivity index (χ0) is 18.5. The molecule has 0 saturated carbocycles. The van der Waals surface area contributed by atoms with Crippen molar-refractivity contribution < 1.29 is 27.8 Å². The number of benzene rings is 2. The van der Waals surface area contributed by atoms with Crippen molar-refractivity contribution in [1.29, 1.82) is 0 Å². The van der Waals surface area contributed by atoms with Gasteiger partial charge in [0.1, 0.15) is 18.8 Å². The van der Waals surface area contributed by atoms with E-state index < -0.39 is 16.0 Å². The van der Waals surface area contributed by atoms with Crippen LogP contribution in [0.1, 0.15) is 15.9 Å². The van der Waals surface area contributed by atoms with Gasteiger partial charge in [-0.1, -0.05) is 17.7 Å². The van der Waals surface area contributed by atoms with E-state index in [2.05, 4.69) is 0 Å². The van der Waals surface area contributed by atoms with E-state index in [1.165, 1.54) is 10.4 Å². The number of fused-ring (bicyclic) bond motifs is 2. The van der Waals surface area contributed by atoms with Gasteiger partial charge in [0.15, 0.2) is 11.5 Å². The Kier molecular flexibility index (Phi) is 3.96. The van der Waals surface area contributed by atoms with Crippen LogP contribution in [-0.4, -0.2) is 39.3 Å². The van der Waals surface area contributed by atoms with Gasteiger partial charge in [-0.05, 0) is 30.2 Å². The standard InChI is InChI=1S/C17H14ClNO6S/c18-11-2-1-10-3-4-19(14(10)7-11)26(22,23)12-8-13(17(20)21)16-15(9-12)24-5-6-25-16/h1-2,7-9H,3-6H2,(H,20,21). The number of hydrogen-bond donors (Lipinski definition) is 1. The summed E-state index contributed by atoms with van der Waals surface area (Å²) in [6, 6.07) is 7.51. The summed E-state index contributed by atoms with van der Waals surface area (Å²) in [7, 11) is -3.98. The molecule has 2 aliphatic rings. The van der Waals surface area contributed by atoms with Crippen LogP contribution in [0.5, 0.6) is 11.5 Å². The van der Waals surface area contributed by atoms with Gasteiger partial charge in [0, 0.05) is 17.6 Å². The topological polar surface area (TPSA) is 93.1 Å². The number of nitrogens with zero attached hydrogens (tertiary/aromatic N) is 1. The third kappa shape index (κ3) is 2.65. The van der Waals surface area contributed by atoms with Crippen molar-refractivity contribution in [3.63, 3.8) is 0 Å². The molecule has 2 aromatic rings. The molecule has 0 aliphatic carbocycles. The van der Waals surface area contributed by atoms with E-state index in [-0.39, 0.29) is 41.7 Å². The highest BCUT2D eigenvalue weighted by atomic mass is 35.5. The van der Waals surface area contributed by atoms with E-state index in [1.54, 1.807) is 18.2 Å². The molecule has 1 N–H and O–H groups in total. The van der Waals surface area contributed by atoms with Crippen LogP contribution >= 0.6 is 11.6 Å². The molecule has 2 aromatic carbocycles. The Morgan fingerprint density at radius 2 is 1.92 bits per heavy atom. The van der Waals surface area contributed by atoms with Crippen LogP contribution in [0.4, 0.5) is 5.69 Å². The molecule has 7 nitrogen and oxygen atoms in total. The van der Waals surface area contributed by atoms with Crippen molar-refractivity contribution >= 4 is 33.3 Å². The summed E-state index contributed by atoms with van der Waals surface area (Å²) in [6.07, 6.45) is 0.558. The van der Waals surface area contributed by atoms with Gasteiger partial charge >= 0.3 is 5.97 Å². The highest BCUT2D eigenvalue weighted by Gasteiger charge is 2.34. The van der Waals surface area contributed by atoms with Crippen molar-refractivity contribution in [2.24, 2.45) is 0 Å². The lowest BCUT2D eigenvalue weighted by atomic mass is 10.2.